The summed E-state index contributed by atoms with van der Waals surface area (Å²) in [4.78, 5) is 0. The summed E-state index contributed by atoms with van der Waals surface area (Å²) >= 11 is 4.38. The number of rotatable bonds is 0. The molecule has 0 spiro atoms. The molecule has 0 aliphatic heterocycles. The third-order valence-corrected chi connectivity index (χ3v) is 0. The Bertz CT molecular complexity index is 31.0. The predicted molar refractivity (Wildman–Crippen MR) is 26.7 cm³/mol. The van der Waals surface area contributed by atoms with E-state index in [9.17, 15) is 0 Å². The first-order valence-electron chi connectivity index (χ1n) is 0.993. The van der Waals surface area contributed by atoms with Crippen molar-refractivity contribution < 1.29 is 0 Å². The molecule has 0 heterocycles. The summed E-state index contributed by atoms with van der Waals surface area (Å²) in [5.74, 6) is 0. The standard InChI is InChI=1S/CH5NSSi/c2-1(3)4/h4H3,(H2,2,3). The molecule has 24 valence electrons. The summed E-state index contributed by atoms with van der Waals surface area (Å²) in [6, 6.07) is 0. The molecule has 2 N–H and O–H groups in total. The number of nitrogens with two attached hydrogens (primary N) is 1. The maximum Gasteiger partial charge on any atom is 0.0729 e. The largest absolute Gasteiger partial charge is 0.398 e. The summed E-state index contributed by atoms with van der Waals surface area (Å²) in [7, 11) is 0.858. The molecule has 4 heavy (non-hydrogen) atoms. The van der Waals surface area contributed by atoms with Crippen LogP contribution in [0.3, 0.4) is 0 Å². The lowest BCUT2D eigenvalue weighted by Gasteiger charge is -1.65. The van der Waals surface area contributed by atoms with Crippen molar-refractivity contribution in [3.05, 3.63) is 0 Å². The van der Waals surface area contributed by atoms with Crippen LogP contribution >= 0.6 is 12.2 Å². The van der Waals surface area contributed by atoms with E-state index < -0.39 is 0 Å². The van der Waals surface area contributed by atoms with Crippen LogP contribution < -0.4 is 5.73 Å². The van der Waals surface area contributed by atoms with Crippen molar-refractivity contribution in [1.82, 2.24) is 0 Å². The van der Waals surface area contributed by atoms with Crippen LogP contribution in [0.5, 0.6) is 0 Å². The Balaban J connectivity index is 2.80. The highest BCUT2D eigenvalue weighted by molar-refractivity contribution is 7.82. The van der Waals surface area contributed by atoms with Crippen LogP contribution in [0, 0.1) is 0 Å². The molecule has 3 heteroatoms. The third-order valence-electron chi connectivity index (χ3n) is 0. The van der Waals surface area contributed by atoms with Crippen molar-refractivity contribution in [2.75, 3.05) is 0 Å². The number of thiocarbonyl (C=S) groups is 1. The molecule has 0 aromatic carbocycles. The van der Waals surface area contributed by atoms with Gasteiger partial charge in [-0.05, 0) is 0 Å². The zero-order chi connectivity index (χ0) is 3.58. The average Bonchev–Trinajstić information content (AvgIpc) is 0.811. The minimum Gasteiger partial charge on any atom is -0.398 e. The highest BCUT2D eigenvalue weighted by atomic mass is 32.1. The van der Waals surface area contributed by atoms with E-state index in [-0.39, 0.29) is 0 Å². The lowest BCUT2D eigenvalue weighted by molar-refractivity contribution is 1.90. The van der Waals surface area contributed by atoms with Crippen molar-refractivity contribution in [2.45, 2.75) is 0 Å². The van der Waals surface area contributed by atoms with Crippen molar-refractivity contribution in [3.63, 3.8) is 0 Å². The summed E-state index contributed by atoms with van der Waals surface area (Å²) in [6.45, 7) is 0. The number of hydrogen-bond donors (Lipinski definition) is 1. The third kappa shape index (κ3) is 226. The van der Waals surface area contributed by atoms with E-state index in [1.807, 2.05) is 0 Å². The highest BCUT2D eigenvalue weighted by Crippen LogP contribution is 1.38. The van der Waals surface area contributed by atoms with Gasteiger partial charge in [0.2, 0.25) is 0 Å². The van der Waals surface area contributed by atoms with Crippen molar-refractivity contribution in [2.24, 2.45) is 5.73 Å². The zero-order valence-electron chi connectivity index (χ0n) is 2.49. The topological polar surface area (TPSA) is 26.0 Å². The molecule has 0 fully saturated rings. The van der Waals surface area contributed by atoms with E-state index >= 15 is 0 Å². The van der Waals surface area contributed by atoms with Crippen LogP contribution in [0.4, 0.5) is 0 Å². The summed E-state index contributed by atoms with van der Waals surface area (Å²) in [5, 5.41) is 0. The van der Waals surface area contributed by atoms with Crippen molar-refractivity contribution in [3.8, 4) is 0 Å². The molecule has 0 rings (SSSR count). The fourth-order valence-electron chi connectivity index (χ4n) is 0. The quantitative estimate of drug-likeness (QED) is 0.293. The minimum absolute atomic E-state index is 0.639. The minimum atomic E-state index is 0.639. The van der Waals surface area contributed by atoms with E-state index in [4.69, 9.17) is 5.73 Å². The van der Waals surface area contributed by atoms with E-state index in [0.29, 0.717) is 4.61 Å². The lowest BCUT2D eigenvalue weighted by Crippen LogP contribution is -2.04. The molecule has 0 aromatic heterocycles. The molecule has 0 saturated carbocycles. The summed E-state index contributed by atoms with van der Waals surface area (Å²) in [6.07, 6.45) is 0. The van der Waals surface area contributed by atoms with Gasteiger partial charge in [-0.15, -0.1) is 0 Å². The first kappa shape index (κ1) is 4.11. The van der Waals surface area contributed by atoms with Crippen molar-refractivity contribution in [1.29, 1.82) is 0 Å². The SMILES string of the molecule is NC([SiH3])=S. The van der Waals surface area contributed by atoms with Gasteiger partial charge in [-0.2, -0.15) is 0 Å². The zero-order valence-corrected chi connectivity index (χ0v) is 5.30. The van der Waals surface area contributed by atoms with E-state index in [2.05, 4.69) is 12.2 Å². The van der Waals surface area contributed by atoms with Gasteiger partial charge in [0, 0.05) is 4.61 Å². The monoisotopic (exact) mass is 91.0 g/mol. The molecule has 0 unspecified atom stereocenters. The van der Waals surface area contributed by atoms with Crippen LogP contribution in [0.15, 0.2) is 0 Å². The molecular formula is CH5NSSi. The Morgan fingerprint density at radius 3 is 2.00 bits per heavy atom. The van der Waals surface area contributed by atoms with Gasteiger partial charge >= 0.3 is 0 Å². The second-order valence-corrected chi connectivity index (χ2v) is 3.06. The van der Waals surface area contributed by atoms with Gasteiger partial charge in [-0.3, -0.25) is 0 Å². The molecule has 0 amide bonds. The Morgan fingerprint density at radius 1 is 2.00 bits per heavy atom. The van der Waals surface area contributed by atoms with Crippen LogP contribution in [0.1, 0.15) is 0 Å². The molecule has 0 aliphatic carbocycles. The highest BCUT2D eigenvalue weighted by Gasteiger charge is 1.55. The van der Waals surface area contributed by atoms with Gasteiger partial charge in [-0.1, -0.05) is 12.2 Å². The Labute approximate surface area is 33.6 Å². The second kappa shape index (κ2) is 1.43. The van der Waals surface area contributed by atoms with E-state index in [1.165, 1.54) is 0 Å². The maximum atomic E-state index is 4.90. The normalized spacial score (nSPS) is 7.00. The van der Waals surface area contributed by atoms with Gasteiger partial charge in [0.05, 0.1) is 10.2 Å². The molecule has 0 aromatic rings. The predicted octanol–water partition coefficient (Wildman–Crippen LogP) is -1.40. The average molecular weight is 91.2 g/mol. The maximum absolute atomic E-state index is 4.90. The fourth-order valence-corrected chi connectivity index (χ4v) is 0. The van der Waals surface area contributed by atoms with Gasteiger partial charge < -0.3 is 5.73 Å². The molecule has 0 radical (unpaired) electrons. The van der Waals surface area contributed by atoms with Crippen molar-refractivity contribution >= 4 is 27.1 Å². The van der Waals surface area contributed by atoms with Crippen LogP contribution in [0.25, 0.3) is 0 Å². The first-order chi connectivity index (χ1) is 1.73. The molecule has 0 bridgehead atoms. The Hall–Kier alpha value is 0.107. The van der Waals surface area contributed by atoms with E-state index in [0.717, 1.165) is 10.2 Å². The lowest BCUT2D eigenvalue weighted by atomic mass is 11.5. The number of hydrogen-bond acceptors (Lipinski definition) is 1. The Kier molecular flexibility index (Phi) is 1.47. The molecule has 0 aliphatic rings. The molecule has 0 atom stereocenters. The molecule has 0 saturated heterocycles. The van der Waals surface area contributed by atoms with Gasteiger partial charge in [-0.25, -0.2) is 0 Å². The fraction of sp³-hybridized carbons (Fsp3) is 0. The smallest absolute Gasteiger partial charge is 0.0729 e. The Morgan fingerprint density at radius 2 is 2.00 bits per heavy atom. The van der Waals surface area contributed by atoms with Crippen LogP contribution in [-0.2, 0) is 0 Å². The van der Waals surface area contributed by atoms with E-state index in [1.54, 1.807) is 0 Å². The van der Waals surface area contributed by atoms with Gasteiger partial charge in [0.25, 0.3) is 0 Å². The molecule has 1 nitrogen and oxygen atoms in total. The van der Waals surface area contributed by atoms with Gasteiger partial charge in [0.15, 0.2) is 0 Å². The summed E-state index contributed by atoms with van der Waals surface area (Å²) < 4.78 is 0.639. The molecular weight excluding hydrogens is 86.2 g/mol. The van der Waals surface area contributed by atoms with Crippen LogP contribution in [-0.4, -0.2) is 14.9 Å². The van der Waals surface area contributed by atoms with Crippen LogP contribution in [0.2, 0.25) is 0 Å². The summed E-state index contributed by atoms with van der Waals surface area (Å²) in [5.41, 5.74) is 4.90. The first-order valence-corrected chi connectivity index (χ1v) is 2.40. The van der Waals surface area contributed by atoms with Gasteiger partial charge in [0.1, 0.15) is 0 Å². The second-order valence-electron chi connectivity index (χ2n) is 0.611.